The lowest BCUT2D eigenvalue weighted by Crippen LogP contribution is -2.35. The van der Waals surface area contributed by atoms with Crippen molar-refractivity contribution in [3.05, 3.63) is 87.6 Å². The number of pyridine rings is 1. The minimum atomic E-state index is -4.87. The highest BCUT2D eigenvalue weighted by molar-refractivity contribution is 5.89. The molecule has 1 amide bonds. The minimum absolute atomic E-state index is 0.0450. The molecule has 2 aliphatic rings. The number of amides is 1. The first-order chi connectivity index (χ1) is 22.3. The summed E-state index contributed by atoms with van der Waals surface area (Å²) in [5.74, 6) is -1.22. The van der Waals surface area contributed by atoms with Crippen molar-refractivity contribution in [2.24, 2.45) is 5.41 Å². The van der Waals surface area contributed by atoms with Crippen molar-refractivity contribution >= 4 is 17.6 Å². The van der Waals surface area contributed by atoms with Crippen LogP contribution in [-0.2, 0) is 17.1 Å². The highest BCUT2D eigenvalue weighted by Gasteiger charge is 2.43. The summed E-state index contributed by atoms with van der Waals surface area (Å²) in [6.07, 6.45) is -9.50. The number of alkyl halides is 6. The van der Waals surface area contributed by atoms with E-state index < -0.39 is 53.3 Å². The number of cyclic esters (lactones) is 1. The molecule has 3 aromatic rings. The lowest BCUT2D eigenvalue weighted by Gasteiger charge is -2.35. The quantitative estimate of drug-likeness (QED) is 0.251. The van der Waals surface area contributed by atoms with Crippen molar-refractivity contribution in [3.8, 4) is 17.0 Å². The molecule has 2 heterocycles. The number of hydrogen-bond donors (Lipinski definition) is 1. The highest BCUT2D eigenvalue weighted by Crippen LogP contribution is 2.46. The van der Waals surface area contributed by atoms with Gasteiger partial charge < -0.3 is 14.6 Å². The Hall–Kier alpha value is -4.55. The van der Waals surface area contributed by atoms with Crippen LogP contribution in [0.4, 0.5) is 31.1 Å². The van der Waals surface area contributed by atoms with Gasteiger partial charge in [0.05, 0.1) is 35.5 Å². The fraction of sp³-hybridized carbons (Fsp3) is 0.400. The molecule has 1 fully saturated rings. The van der Waals surface area contributed by atoms with Crippen LogP contribution >= 0.6 is 0 Å². The zero-order valence-electron chi connectivity index (χ0n) is 26.8. The Morgan fingerprint density at radius 1 is 1.06 bits per heavy atom. The molecule has 48 heavy (non-hydrogen) atoms. The minimum Gasteiger partial charge on any atom is -0.494 e. The smallest absolute Gasteiger partial charge is 0.417 e. The van der Waals surface area contributed by atoms with Crippen LogP contribution < -0.4 is 4.74 Å². The Morgan fingerprint density at radius 3 is 2.40 bits per heavy atom. The second kappa shape index (κ2) is 12.5. The van der Waals surface area contributed by atoms with Gasteiger partial charge >= 0.3 is 24.4 Å². The van der Waals surface area contributed by atoms with Crippen LogP contribution in [0, 0.1) is 12.3 Å². The third-order valence-electron chi connectivity index (χ3n) is 8.89. The molecule has 7 nitrogen and oxygen atoms in total. The molecule has 0 radical (unpaired) electrons. The molecule has 2 aromatic carbocycles. The number of rotatable bonds is 7. The fourth-order valence-corrected chi connectivity index (χ4v) is 6.47. The Morgan fingerprint density at radius 2 is 1.77 bits per heavy atom. The number of ether oxygens (including phenoxy) is 2. The van der Waals surface area contributed by atoms with E-state index in [2.05, 4.69) is 4.98 Å². The van der Waals surface area contributed by atoms with Gasteiger partial charge in [0.1, 0.15) is 17.5 Å². The van der Waals surface area contributed by atoms with E-state index in [-0.39, 0.29) is 40.2 Å². The highest BCUT2D eigenvalue weighted by atomic mass is 19.4. The topological polar surface area (TPSA) is 89.0 Å². The SMILES string of the molecule is COc1ccc(-c2ccc(C(=O)O)cc2C(F)(F)F)nc1C1=C(CN2C(=O)O[C@H](c3cc(C)cc(C(F)(F)F)c3)[C@@H]2C)CC(C)(C)CC1. The van der Waals surface area contributed by atoms with Crippen LogP contribution in [0.3, 0.4) is 0 Å². The van der Waals surface area contributed by atoms with Crippen LogP contribution in [0.15, 0.2) is 54.1 Å². The first-order valence-electron chi connectivity index (χ1n) is 15.2. The second-order valence-corrected chi connectivity index (χ2v) is 13.0. The predicted octanol–water partition coefficient (Wildman–Crippen LogP) is 9.35. The van der Waals surface area contributed by atoms with E-state index in [4.69, 9.17) is 9.47 Å². The number of hydrogen-bond acceptors (Lipinski definition) is 5. The molecule has 0 saturated carbocycles. The molecule has 13 heteroatoms. The van der Waals surface area contributed by atoms with Gasteiger partial charge in [-0.1, -0.05) is 31.5 Å². The molecule has 256 valence electrons. The molecule has 0 bridgehead atoms. The Labute approximate surface area is 273 Å². The lowest BCUT2D eigenvalue weighted by molar-refractivity contribution is -0.138. The van der Waals surface area contributed by atoms with Gasteiger partial charge in [0, 0.05) is 12.1 Å². The maximum Gasteiger partial charge on any atom is 0.417 e. The molecule has 2 atom stereocenters. The largest absolute Gasteiger partial charge is 0.494 e. The van der Waals surface area contributed by atoms with Crippen LogP contribution in [0.2, 0.25) is 0 Å². The number of carbonyl (C=O) groups excluding carboxylic acids is 1. The van der Waals surface area contributed by atoms with Crippen molar-refractivity contribution in [2.75, 3.05) is 13.7 Å². The summed E-state index contributed by atoms with van der Waals surface area (Å²) < 4.78 is 94.3. The third-order valence-corrected chi connectivity index (χ3v) is 8.89. The van der Waals surface area contributed by atoms with Crippen molar-refractivity contribution in [3.63, 3.8) is 0 Å². The summed E-state index contributed by atoms with van der Waals surface area (Å²) in [6, 6.07) is 8.49. The molecule has 1 N–H and O–H groups in total. The van der Waals surface area contributed by atoms with Gasteiger partial charge in [-0.3, -0.25) is 4.90 Å². The number of aromatic nitrogens is 1. The van der Waals surface area contributed by atoms with E-state index >= 15 is 0 Å². The molecule has 1 aromatic heterocycles. The van der Waals surface area contributed by atoms with Crippen molar-refractivity contribution in [2.45, 2.75) is 71.5 Å². The number of aryl methyl sites for hydroxylation is 1. The molecular weight excluding hydrogens is 642 g/mol. The molecular formula is C35H34F6N2O5. The van der Waals surface area contributed by atoms with Crippen LogP contribution in [0.1, 0.15) is 84.4 Å². The number of carboxylic acids is 1. The van der Waals surface area contributed by atoms with Gasteiger partial charge in [-0.15, -0.1) is 0 Å². The monoisotopic (exact) mass is 676 g/mol. The molecule has 1 aliphatic heterocycles. The number of nitrogens with zero attached hydrogens (tertiary/aromatic N) is 2. The Kier molecular flexibility index (Phi) is 9.04. The van der Waals surface area contributed by atoms with E-state index in [1.165, 1.54) is 31.1 Å². The standard InChI is InChI=1S/C35H34F6N2O5/c1-18-12-21(14-23(13-18)34(36,37)38)30-19(2)43(32(46)48-30)17-22-16-33(3,4)11-10-24(22)29-28(47-5)9-8-27(42-29)25-7-6-20(31(44)45)15-26(25)35(39,40)41/h6-9,12-15,19,30H,10-11,16-17H2,1-5H3,(H,44,45)/t19-,30-/m0/s1. The number of methoxy groups -OCH3 is 1. The average molecular weight is 677 g/mol. The first-order valence-corrected chi connectivity index (χ1v) is 15.2. The van der Waals surface area contributed by atoms with E-state index in [0.29, 0.717) is 36.5 Å². The zero-order chi connectivity index (χ0) is 35.3. The van der Waals surface area contributed by atoms with Gasteiger partial charge in [-0.05, 0) is 91.6 Å². The van der Waals surface area contributed by atoms with Crippen molar-refractivity contribution < 1.29 is 50.5 Å². The van der Waals surface area contributed by atoms with E-state index in [1.807, 2.05) is 13.8 Å². The second-order valence-electron chi connectivity index (χ2n) is 13.0. The maximum absolute atomic E-state index is 14.1. The molecule has 0 spiro atoms. The summed E-state index contributed by atoms with van der Waals surface area (Å²) in [6.45, 7) is 7.36. The van der Waals surface area contributed by atoms with Gasteiger partial charge in [0.15, 0.2) is 0 Å². The molecule has 5 rings (SSSR count). The van der Waals surface area contributed by atoms with E-state index in [0.717, 1.165) is 29.8 Å². The normalized spacial score (nSPS) is 19.8. The van der Waals surface area contributed by atoms with Crippen LogP contribution in [0.25, 0.3) is 16.8 Å². The fourth-order valence-electron chi connectivity index (χ4n) is 6.47. The number of benzene rings is 2. The predicted molar refractivity (Wildman–Crippen MR) is 164 cm³/mol. The van der Waals surface area contributed by atoms with Gasteiger partial charge in [0.25, 0.3) is 0 Å². The van der Waals surface area contributed by atoms with Crippen molar-refractivity contribution in [1.29, 1.82) is 0 Å². The van der Waals surface area contributed by atoms with Gasteiger partial charge in [0.2, 0.25) is 0 Å². The number of allylic oxidation sites excluding steroid dienone is 1. The first kappa shape index (κ1) is 34.8. The third kappa shape index (κ3) is 7.00. The summed E-state index contributed by atoms with van der Waals surface area (Å²) in [5.41, 5.74) is -0.823. The Bertz CT molecular complexity index is 1800. The molecule has 1 aliphatic carbocycles. The number of carboxylic acid groups (broad SMARTS) is 1. The average Bonchev–Trinajstić information content (AvgIpc) is 3.27. The van der Waals surface area contributed by atoms with Gasteiger partial charge in [-0.25, -0.2) is 14.6 Å². The number of halogens is 6. The molecule has 1 saturated heterocycles. The summed E-state index contributed by atoms with van der Waals surface area (Å²) in [4.78, 5) is 30.8. The molecule has 0 unspecified atom stereocenters. The van der Waals surface area contributed by atoms with Crippen molar-refractivity contribution in [1.82, 2.24) is 9.88 Å². The number of carbonyl (C=O) groups is 2. The lowest BCUT2D eigenvalue weighted by atomic mass is 9.73. The van der Waals surface area contributed by atoms with E-state index in [9.17, 15) is 41.0 Å². The summed E-state index contributed by atoms with van der Waals surface area (Å²) >= 11 is 0. The maximum atomic E-state index is 14.1. The van der Waals surface area contributed by atoms with E-state index in [1.54, 1.807) is 13.0 Å². The number of aromatic carboxylic acids is 1. The Balaban J connectivity index is 1.58. The van der Waals surface area contributed by atoms with Gasteiger partial charge in [-0.2, -0.15) is 26.3 Å². The summed E-state index contributed by atoms with van der Waals surface area (Å²) in [7, 11) is 1.40. The van der Waals surface area contributed by atoms with Crippen LogP contribution in [0.5, 0.6) is 5.75 Å². The van der Waals surface area contributed by atoms with Crippen LogP contribution in [-0.4, -0.2) is 46.7 Å². The summed E-state index contributed by atoms with van der Waals surface area (Å²) in [5, 5.41) is 9.29. The zero-order valence-corrected chi connectivity index (χ0v) is 26.8.